The molecule has 1 aliphatic heterocycles. The monoisotopic (exact) mass is 374 g/mol. The fourth-order valence-electron chi connectivity index (χ4n) is 2.17. The predicted molar refractivity (Wildman–Crippen MR) is 77.5 cm³/mol. The molecule has 1 aromatic heterocycles. The highest BCUT2D eigenvalue weighted by Gasteiger charge is 2.58. The van der Waals surface area contributed by atoms with Crippen molar-refractivity contribution in [2.75, 3.05) is 6.61 Å². The zero-order valence-corrected chi connectivity index (χ0v) is 12.9. The summed E-state index contributed by atoms with van der Waals surface area (Å²) < 4.78 is 3.99. The van der Waals surface area contributed by atoms with Crippen molar-refractivity contribution in [2.24, 2.45) is 21.9 Å². The number of hydrogen-bond donors (Lipinski definition) is 1. The van der Waals surface area contributed by atoms with Gasteiger partial charge in [0.1, 0.15) is 11.5 Å². The summed E-state index contributed by atoms with van der Waals surface area (Å²) in [5, 5.41) is 8.24. The predicted octanol–water partition coefficient (Wildman–Crippen LogP) is 1.99. The third-order valence-corrected chi connectivity index (χ3v) is 3.92. The standard InChI is InChI=1S/C12H15IN4O2/c1-3-19-10(18)9-11(2,16-17-12(9,13)14)8-6-4-5-7-15-8/h4-7,9H,3,14H2,1-2H3. The van der Waals surface area contributed by atoms with Gasteiger partial charge in [-0.05, 0) is 48.6 Å². The van der Waals surface area contributed by atoms with Gasteiger partial charge in [-0.2, -0.15) is 10.2 Å². The van der Waals surface area contributed by atoms with Gasteiger partial charge in [-0.3, -0.25) is 15.5 Å². The minimum Gasteiger partial charge on any atom is -0.466 e. The van der Waals surface area contributed by atoms with Gasteiger partial charge < -0.3 is 4.74 Å². The van der Waals surface area contributed by atoms with Crippen LogP contribution in [0, 0.1) is 5.92 Å². The molecule has 3 unspecified atom stereocenters. The minimum atomic E-state index is -1.11. The molecule has 6 nitrogen and oxygen atoms in total. The van der Waals surface area contributed by atoms with Crippen LogP contribution in [0.3, 0.4) is 0 Å². The van der Waals surface area contributed by atoms with E-state index in [1.54, 1.807) is 26.1 Å². The molecule has 0 spiro atoms. The summed E-state index contributed by atoms with van der Waals surface area (Å²) in [6.07, 6.45) is 1.65. The second-order valence-electron chi connectivity index (χ2n) is 4.48. The van der Waals surface area contributed by atoms with Crippen molar-refractivity contribution >= 4 is 28.6 Å². The molecular weight excluding hydrogens is 359 g/mol. The number of halogens is 1. The van der Waals surface area contributed by atoms with Crippen LogP contribution < -0.4 is 5.73 Å². The van der Waals surface area contributed by atoms with Gasteiger partial charge in [-0.25, -0.2) is 0 Å². The number of nitrogens with zero attached hydrogens (tertiary/aromatic N) is 3. The van der Waals surface area contributed by atoms with Crippen molar-refractivity contribution in [1.29, 1.82) is 0 Å². The first kappa shape index (κ1) is 14.3. The Kier molecular flexibility index (Phi) is 3.86. The average molecular weight is 374 g/mol. The molecular formula is C12H15IN4O2. The van der Waals surface area contributed by atoms with Crippen LogP contribution in [0.4, 0.5) is 0 Å². The Bertz CT molecular complexity index is 506. The van der Waals surface area contributed by atoms with Crippen molar-refractivity contribution in [3.05, 3.63) is 30.1 Å². The molecule has 0 saturated carbocycles. The summed E-state index contributed by atoms with van der Waals surface area (Å²) in [7, 11) is 0. The molecule has 1 aliphatic rings. The second-order valence-corrected chi connectivity index (χ2v) is 6.20. The molecule has 2 N–H and O–H groups in total. The van der Waals surface area contributed by atoms with Crippen LogP contribution in [0.1, 0.15) is 19.5 Å². The van der Waals surface area contributed by atoms with Gasteiger partial charge in [0.2, 0.25) is 0 Å². The van der Waals surface area contributed by atoms with Crippen LogP contribution >= 0.6 is 22.6 Å². The highest BCUT2D eigenvalue weighted by atomic mass is 127. The molecule has 1 aromatic rings. The van der Waals surface area contributed by atoms with Crippen molar-refractivity contribution in [3.8, 4) is 0 Å². The molecule has 3 atom stereocenters. The number of nitrogens with two attached hydrogens (primary N) is 1. The largest absolute Gasteiger partial charge is 0.466 e. The first-order chi connectivity index (χ1) is 8.92. The van der Waals surface area contributed by atoms with E-state index in [2.05, 4.69) is 15.2 Å². The molecule has 2 heterocycles. The number of rotatable bonds is 3. The summed E-state index contributed by atoms with van der Waals surface area (Å²) in [5.41, 5.74) is 5.82. The van der Waals surface area contributed by atoms with E-state index in [-0.39, 0.29) is 0 Å². The van der Waals surface area contributed by atoms with E-state index < -0.39 is 21.1 Å². The van der Waals surface area contributed by atoms with Gasteiger partial charge in [0.15, 0.2) is 3.67 Å². The summed E-state index contributed by atoms with van der Waals surface area (Å²) in [5.74, 6) is -1.10. The topological polar surface area (TPSA) is 89.9 Å². The fourth-order valence-corrected chi connectivity index (χ4v) is 3.14. The van der Waals surface area contributed by atoms with E-state index in [1.807, 2.05) is 34.7 Å². The third-order valence-electron chi connectivity index (χ3n) is 3.08. The summed E-state index contributed by atoms with van der Waals surface area (Å²) in [6.45, 7) is 3.85. The molecule has 0 fully saturated rings. The lowest BCUT2D eigenvalue weighted by Gasteiger charge is -2.30. The fraction of sp³-hybridized carbons (Fsp3) is 0.500. The number of aromatic nitrogens is 1. The van der Waals surface area contributed by atoms with Crippen LogP contribution in [0.25, 0.3) is 0 Å². The summed E-state index contributed by atoms with van der Waals surface area (Å²) >= 11 is 1.92. The number of alkyl halides is 1. The van der Waals surface area contributed by atoms with E-state index in [1.165, 1.54) is 0 Å². The number of carbonyl (C=O) groups excluding carboxylic acids is 1. The molecule has 0 radical (unpaired) electrons. The lowest BCUT2D eigenvalue weighted by molar-refractivity contribution is -0.150. The van der Waals surface area contributed by atoms with Crippen LogP contribution in [0.5, 0.6) is 0 Å². The molecule has 0 bridgehead atoms. The number of pyridine rings is 1. The van der Waals surface area contributed by atoms with Crippen LogP contribution in [-0.2, 0) is 15.1 Å². The SMILES string of the molecule is CCOC(=O)C1C(N)(I)N=NC1(C)c1ccccn1. The zero-order chi connectivity index (χ0) is 14.1. The van der Waals surface area contributed by atoms with E-state index in [0.717, 1.165) is 0 Å². The Labute approximate surface area is 125 Å². The molecule has 0 aliphatic carbocycles. The first-order valence-electron chi connectivity index (χ1n) is 5.92. The summed E-state index contributed by atoms with van der Waals surface area (Å²) in [6, 6.07) is 5.45. The van der Waals surface area contributed by atoms with Gasteiger partial charge >= 0.3 is 5.97 Å². The number of esters is 1. The van der Waals surface area contributed by atoms with Crippen molar-refractivity contribution < 1.29 is 9.53 Å². The van der Waals surface area contributed by atoms with E-state index in [4.69, 9.17) is 10.5 Å². The molecule has 102 valence electrons. The number of azo groups is 1. The molecule has 0 saturated heterocycles. The van der Waals surface area contributed by atoms with Crippen LogP contribution in [0.2, 0.25) is 0 Å². The van der Waals surface area contributed by atoms with Crippen LogP contribution in [-0.4, -0.2) is 21.2 Å². The highest BCUT2D eigenvalue weighted by molar-refractivity contribution is 14.1. The second kappa shape index (κ2) is 5.12. The number of carbonyl (C=O) groups is 1. The summed E-state index contributed by atoms with van der Waals surface area (Å²) in [4.78, 5) is 16.5. The maximum Gasteiger partial charge on any atom is 0.316 e. The maximum absolute atomic E-state index is 12.2. The lowest BCUT2D eigenvalue weighted by atomic mass is 9.82. The minimum absolute atomic E-state index is 0.292. The first-order valence-corrected chi connectivity index (χ1v) is 6.99. The van der Waals surface area contributed by atoms with Gasteiger partial charge in [-0.1, -0.05) is 6.07 Å². The average Bonchev–Trinajstić information content (AvgIpc) is 2.63. The van der Waals surface area contributed by atoms with Crippen molar-refractivity contribution in [1.82, 2.24) is 4.98 Å². The lowest BCUT2D eigenvalue weighted by Crippen LogP contribution is -2.49. The molecule has 2 rings (SSSR count). The Morgan fingerprint density at radius 2 is 2.26 bits per heavy atom. The van der Waals surface area contributed by atoms with Gasteiger partial charge in [0.05, 0.1) is 12.3 Å². The number of ether oxygens (including phenoxy) is 1. The van der Waals surface area contributed by atoms with Gasteiger partial charge in [0, 0.05) is 6.20 Å². The molecule has 7 heteroatoms. The molecule has 19 heavy (non-hydrogen) atoms. The van der Waals surface area contributed by atoms with Gasteiger partial charge in [0.25, 0.3) is 0 Å². The number of hydrogen-bond acceptors (Lipinski definition) is 6. The Hall–Kier alpha value is -1.09. The highest BCUT2D eigenvalue weighted by Crippen LogP contribution is 2.48. The third kappa shape index (κ3) is 2.48. The van der Waals surface area contributed by atoms with Gasteiger partial charge in [-0.15, -0.1) is 0 Å². The normalized spacial score (nSPS) is 33.4. The molecule has 0 aromatic carbocycles. The van der Waals surface area contributed by atoms with E-state index >= 15 is 0 Å². The van der Waals surface area contributed by atoms with E-state index in [9.17, 15) is 4.79 Å². The Balaban J connectivity index is 2.44. The van der Waals surface area contributed by atoms with Crippen molar-refractivity contribution in [3.63, 3.8) is 0 Å². The quantitative estimate of drug-likeness (QED) is 0.379. The Morgan fingerprint density at radius 3 is 2.84 bits per heavy atom. The van der Waals surface area contributed by atoms with Crippen LogP contribution in [0.15, 0.2) is 34.6 Å². The zero-order valence-electron chi connectivity index (χ0n) is 10.7. The van der Waals surface area contributed by atoms with Crippen molar-refractivity contribution in [2.45, 2.75) is 23.1 Å². The maximum atomic E-state index is 12.2. The molecule has 0 amide bonds. The smallest absolute Gasteiger partial charge is 0.316 e. The Morgan fingerprint density at radius 1 is 1.53 bits per heavy atom. The van der Waals surface area contributed by atoms with E-state index in [0.29, 0.717) is 12.3 Å².